The summed E-state index contributed by atoms with van der Waals surface area (Å²) in [6.07, 6.45) is 1.53. The fraction of sp³-hybridized carbons (Fsp3) is 0.235. The molecule has 29 heavy (non-hydrogen) atoms. The van der Waals surface area contributed by atoms with Gasteiger partial charge in [-0.25, -0.2) is 23.1 Å². The molecule has 0 saturated carbocycles. The Labute approximate surface area is 172 Å². The topological polar surface area (TPSA) is 87.7 Å². The van der Waals surface area contributed by atoms with Gasteiger partial charge in [0.1, 0.15) is 10.6 Å². The molecule has 0 spiro atoms. The lowest BCUT2D eigenvalue weighted by Gasteiger charge is -2.19. The van der Waals surface area contributed by atoms with E-state index in [0.717, 1.165) is 17.0 Å². The number of carbonyl (C=O) groups excluding carboxylic acids is 2. The Bertz CT molecular complexity index is 1070. The molecular formula is C17H13BrF3N3O4S. The summed E-state index contributed by atoms with van der Waals surface area (Å²) in [5, 5.41) is 0. The van der Waals surface area contributed by atoms with Gasteiger partial charge in [0.25, 0.3) is 15.7 Å². The van der Waals surface area contributed by atoms with Crippen molar-refractivity contribution >= 4 is 43.4 Å². The number of alkyl halides is 3. The van der Waals surface area contributed by atoms with Crippen LogP contribution in [0.2, 0.25) is 0 Å². The van der Waals surface area contributed by atoms with Gasteiger partial charge in [-0.05, 0) is 64.8 Å². The maximum absolute atomic E-state index is 12.8. The van der Waals surface area contributed by atoms with Gasteiger partial charge < -0.3 is 4.90 Å². The highest BCUT2D eigenvalue weighted by atomic mass is 79.9. The van der Waals surface area contributed by atoms with Crippen molar-refractivity contribution < 1.29 is 31.2 Å². The minimum absolute atomic E-state index is 0.0219. The molecule has 154 valence electrons. The molecule has 2 heterocycles. The maximum atomic E-state index is 12.8. The van der Waals surface area contributed by atoms with Crippen LogP contribution in [0.15, 0.2) is 52.1 Å². The summed E-state index contributed by atoms with van der Waals surface area (Å²) in [5.74, 6) is -0.574. The molecule has 7 nitrogen and oxygen atoms in total. The molecule has 1 aliphatic rings. The summed E-state index contributed by atoms with van der Waals surface area (Å²) in [5.41, 5.74) is -4.75. The molecule has 3 rings (SSSR count). The predicted molar refractivity (Wildman–Crippen MR) is 99.5 cm³/mol. The van der Waals surface area contributed by atoms with E-state index < -0.39 is 38.2 Å². The molecule has 1 unspecified atom stereocenters. The average molecular weight is 492 g/mol. The van der Waals surface area contributed by atoms with E-state index in [2.05, 4.69) is 20.9 Å². The molecule has 12 heteroatoms. The normalized spacial score (nSPS) is 17.9. The number of carbonyl (C=O) groups is 2. The van der Waals surface area contributed by atoms with E-state index in [9.17, 15) is 31.2 Å². The molecule has 1 aromatic carbocycles. The van der Waals surface area contributed by atoms with E-state index >= 15 is 0 Å². The third-order valence-electron chi connectivity index (χ3n) is 4.34. The Balaban J connectivity index is 1.88. The van der Waals surface area contributed by atoms with Crippen LogP contribution in [-0.4, -0.2) is 41.8 Å². The molecule has 1 aliphatic heterocycles. The molecule has 1 saturated heterocycles. The van der Waals surface area contributed by atoms with Gasteiger partial charge in [0.2, 0.25) is 0 Å². The predicted octanol–water partition coefficient (Wildman–Crippen LogP) is 3.49. The molecule has 2 aromatic rings. The largest absolute Gasteiger partial charge is 0.501 e. The number of rotatable bonds is 4. The zero-order valence-corrected chi connectivity index (χ0v) is 17.1. The first-order valence-electron chi connectivity index (χ1n) is 8.10. The quantitative estimate of drug-likeness (QED) is 0.482. The molecule has 1 atom stereocenters. The van der Waals surface area contributed by atoms with Crippen LogP contribution in [0.5, 0.6) is 0 Å². The zero-order valence-electron chi connectivity index (χ0n) is 14.7. The lowest BCUT2D eigenvalue weighted by molar-refractivity contribution is -0.119. The minimum Gasteiger partial charge on any atom is -0.308 e. The van der Waals surface area contributed by atoms with Gasteiger partial charge in [0, 0.05) is 12.7 Å². The van der Waals surface area contributed by atoms with E-state index in [-0.39, 0.29) is 12.2 Å². The van der Waals surface area contributed by atoms with Crippen LogP contribution < -0.4 is 4.90 Å². The molecule has 0 bridgehead atoms. The fourth-order valence-electron chi connectivity index (χ4n) is 2.80. The van der Waals surface area contributed by atoms with Gasteiger partial charge in [0.05, 0.1) is 10.6 Å². The number of nitrogens with zero attached hydrogens (tertiary/aromatic N) is 3. The third kappa shape index (κ3) is 3.86. The van der Waals surface area contributed by atoms with Crippen molar-refractivity contribution in [2.75, 3.05) is 4.90 Å². The highest BCUT2D eigenvalue weighted by Crippen LogP contribution is 2.32. The van der Waals surface area contributed by atoms with Crippen molar-refractivity contribution in [3.05, 3.63) is 52.8 Å². The standard InChI is InChI=1S/C17H13BrF3N3O4S/c1-10-15(25)24(16(26)23(10)9-11-6-7-22-14(18)8-11)12-2-4-13(5-3-12)29(27,28)17(19,20)21/h2-8,10H,9H2,1H3. The second kappa shape index (κ2) is 7.41. The number of hydrogen-bond acceptors (Lipinski definition) is 5. The van der Waals surface area contributed by atoms with Gasteiger partial charge in [-0.2, -0.15) is 13.2 Å². The molecule has 0 N–H and O–H groups in total. The van der Waals surface area contributed by atoms with Gasteiger partial charge in [0.15, 0.2) is 0 Å². The van der Waals surface area contributed by atoms with Crippen LogP contribution in [0.3, 0.4) is 0 Å². The van der Waals surface area contributed by atoms with Gasteiger partial charge in [-0.15, -0.1) is 0 Å². The summed E-state index contributed by atoms with van der Waals surface area (Å²) in [6, 6.07) is 5.30. The number of anilines is 1. The summed E-state index contributed by atoms with van der Waals surface area (Å²) in [4.78, 5) is 30.4. The van der Waals surface area contributed by atoms with Gasteiger partial charge in [-0.3, -0.25) is 4.79 Å². The Morgan fingerprint density at radius 2 is 1.76 bits per heavy atom. The summed E-state index contributed by atoms with van der Waals surface area (Å²) >= 11 is 3.22. The number of halogens is 4. The first kappa shape index (κ1) is 21.2. The monoisotopic (exact) mass is 491 g/mol. The van der Waals surface area contributed by atoms with Gasteiger partial charge >= 0.3 is 11.5 Å². The van der Waals surface area contributed by atoms with Crippen molar-refractivity contribution in [2.24, 2.45) is 0 Å². The molecular weight excluding hydrogens is 479 g/mol. The number of urea groups is 1. The second-order valence-electron chi connectivity index (χ2n) is 6.19. The Morgan fingerprint density at radius 3 is 2.31 bits per heavy atom. The first-order chi connectivity index (χ1) is 13.4. The Kier molecular flexibility index (Phi) is 5.43. The van der Waals surface area contributed by atoms with Crippen LogP contribution in [0.25, 0.3) is 0 Å². The molecule has 0 radical (unpaired) electrons. The summed E-state index contributed by atoms with van der Waals surface area (Å²) in [6.45, 7) is 1.64. The molecule has 3 amide bonds. The van der Waals surface area contributed by atoms with Crippen LogP contribution in [0, 0.1) is 0 Å². The van der Waals surface area contributed by atoms with E-state index in [4.69, 9.17) is 0 Å². The average Bonchev–Trinajstić information content (AvgIpc) is 2.84. The third-order valence-corrected chi connectivity index (χ3v) is 6.27. The number of sulfone groups is 1. The van der Waals surface area contributed by atoms with Crippen LogP contribution in [-0.2, 0) is 21.2 Å². The van der Waals surface area contributed by atoms with Crippen LogP contribution >= 0.6 is 15.9 Å². The van der Waals surface area contributed by atoms with E-state index in [1.54, 1.807) is 12.1 Å². The number of benzene rings is 1. The number of imide groups is 1. The van der Waals surface area contributed by atoms with Gasteiger partial charge in [-0.1, -0.05) is 0 Å². The number of aromatic nitrogens is 1. The Morgan fingerprint density at radius 1 is 1.14 bits per heavy atom. The fourth-order valence-corrected chi connectivity index (χ4v) is 3.97. The first-order valence-corrected chi connectivity index (χ1v) is 10.4. The smallest absolute Gasteiger partial charge is 0.308 e. The van der Waals surface area contributed by atoms with E-state index in [0.29, 0.717) is 22.3 Å². The van der Waals surface area contributed by atoms with Crippen molar-refractivity contribution in [1.82, 2.24) is 9.88 Å². The molecule has 0 aliphatic carbocycles. The van der Waals surface area contributed by atoms with Crippen molar-refractivity contribution in [3.8, 4) is 0 Å². The highest BCUT2D eigenvalue weighted by Gasteiger charge is 2.47. The van der Waals surface area contributed by atoms with E-state index in [1.807, 2.05) is 0 Å². The second-order valence-corrected chi connectivity index (χ2v) is 8.94. The number of pyridine rings is 1. The number of amides is 3. The lowest BCUT2D eigenvalue weighted by Crippen LogP contribution is -2.33. The van der Waals surface area contributed by atoms with Crippen molar-refractivity contribution in [3.63, 3.8) is 0 Å². The molecule has 1 fully saturated rings. The Hall–Kier alpha value is -2.47. The minimum atomic E-state index is -5.52. The highest BCUT2D eigenvalue weighted by molar-refractivity contribution is 9.10. The maximum Gasteiger partial charge on any atom is 0.501 e. The summed E-state index contributed by atoms with van der Waals surface area (Å²) < 4.78 is 61.5. The van der Waals surface area contributed by atoms with E-state index in [1.165, 1.54) is 18.0 Å². The summed E-state index contributed by atoms with van der Waals surface area (Å²) in [7, 11) is -5.52. The van der Waals surface area contributed by atoms with Crippen molar-refractivity contribution in [2.45, 2.75) is 29.9 Å². The number of hydrogen-bond donors (Lipinski definition) is 0. The van der Waals surface area contributed by atoms with Crippen LogP contribution in [0.1, 0.15) is 12.5 Å². The molecule has 1 aromatic heterocycles. The van der Waals surface area contributed by atoms with Crippen LogP contribution in [0.4, 0.5) is 23.7 Å². The van der Waals surface area contributed by atoms with Crippen molar-refractivity contribution in [1.29, 1.82) is 0 Å². The lowest BCUT2D eigenvalue weighted by atomic mass is 10.2. The SMILES string of the molecule is CC1C(=O)N(c2ccc(S(=O)(=O)C(F)(F)F)cc2)C(=O)N1Cc1ccnc(Br)c1. The zero-order chi connectivity index (χ0) is 21.6.